The van der Waals surface area contributed by atoms with Crippen LogP contribution >= 0.6 is 0 Å². The summed E-state index contributed by atoms with van der Waals surface area (Å²) in [4.78, 5) is 10.6. The van der Waals surface area contributed by atoms with E-state index < -0.39 is 6.10 Å². The van der Waals surface area contributed by atoms with E-state index in [4.69, 9.17) is 10.5 Å². The van der Waals surface area contributed by atoms with E-state index in [2.05, 4.69) is 0 Å². The lowest BCUT2D eigenvalue weighted by Gasteiger charge is -2.21. The molecular formula is C13H17NO3. The molecule has 4 nitrogen and oxygen atoms in total. The first-order valence-corrected chi connectivity index (χ1v) is 5.89. The molecule has 17 heavy (non-hydrogen) atoms. The van der Waals surface area contributed by atoms with E-state index in [9.17, 15) is 9.90 Å². The van der Waals surface area contributed by atoms with Crippen molar-refractivity contribution in [2.75, 3.05) is 6.61 Å². The normalized spacial score (nSPS) is 18.5. The van der Waals surface area contributed by atoms with Crippen LogP contribution in [0.3, 0.4) is 0 Å². The van der Waals surface area contributed by atoms with Gasteiger partial charge in [-0.1, -0.05) is 6.07 Å². The van der Waals surface area contributed by atoms with Gasteiger partial charge >= 0.3 is 0 Å². The molecule has 1 unspecified atom stereocenters. The van der Waals surface area contributed by atoms with E-state index in [0.29, 0.717) is 5.75 Å². The Balaban J connectivity index is 2.04. The van der Waals surface area contributed by atoms with Gasteiger partial charge in [0.25, 0.3) is 0 Å². The van der Waals surface area contributed by atoms with E-state index in [1.54, 1.807) is 0 Å². The Morgan fingerprint density at radius 1 is 1.53 bits per heavy atom. The highest BCUT2D eigenvalue weighted by Crippen LogP contribution is 2.32. The van der Waals surface area contributed by atoms with Crippen molar-refractivity contribution in [2.45, 2.75) is 31.8 Å². The molecule has 0 fully saturated rings. The summed E-state index contributed by atoms with van der Waals surface area (Å²) < 4.78 is 5.42. The third-order valence-corrected chi connectivity index (χ3v) is 3.02. The number of aryl methyl sites for hydroxylation is 1. The summed E-state index contributed by atoms with van der Waals surface area (Å²) in [7, 11) is 0. The maximum absolute atomic E-state index is 10.6. The fraction of sp³-hybridized carbons (Fsp3) is 0.462. The number of aliphatic hydroxyl groups excluding tert-OH is 1. The van der Waals surface area contributed by atoms with E-state index in [-0.39, 0.29) is 18.9 Å². The number of hydrogen-bond donors (Lipinski definition) is 2. The first-order valence-electron chi connectivity index (χ1n) is 5.89. The van der Waals surface area contributed by atoms with Gasteiger partial charge in [0.2, 0.25) is 5.91 Å². The van der Waals surface area contributed by atoms with Crippen LogP contribution in [0.2, 0.25) is 0 Å². The minimum Gasteiger partial charge on any atom is -0.493 e. The average molecular weight is 235 g/mol. The molecule has 0 heterocycles. The van der Waals surface area contributed by atoms with Crippen LogP contribution in [0.25, 0.3) is 0 Å². The number of amides is 1. The largest absolute Gasteiger partial charge is 0.493 e. The summed E-state index contributed by atoms with van der Waals surface area (Å²) in [6.45, 7) is 0.282. The molecule has 1 aromatic carbocycles. The van der Waals surface area contributed by atoms with Crippen molar-refractivity contribution >= 4 is 5.91 Å². The predicted molar refractivity (Wildman–Crippen MR) is 63.6 cm³/mol. The number of primary amides is 1. The lowest BCUT2D eigenvalue weighted by atomic mass is 9.89. The Hall–Kier alpha value is -1.55. The Kier molecular flexibility index (Phi) is 3.64. The van der Waals surface area contributed by atoms with Crippen molar-refractivity contribution in [3.05, 3.63) is 29.3 Å². The number of hydrogen-bond acceptors (Lipinski definition) is 3. The number of aliphatic hydroxyl groups is 1. The third kappa shape index (κ3) is 2.97. The molecule has 2 rings (SSSR count). The van der Waals surface area contributed by atoms with Gasteiger partial charge in [-0.2, -0.15) is 0 Å². The molecule has 0 spiro atoms. The van der Waals surface area contributed by atoms with Crippen LogP contribution in [0.5, 0.6) is 5.75 Å². The van der Waals surface area contributed by atoms with Crippen LogP contribution in [0, 0.1) is 0 Å². The fourth-order valence-electron chi connectivity index (χ4n) is 2.11. The highest BCUT2D eigenvalue weighted by molar-refractivity contribution is 5.73. The van der Waals surface area contributed by atoms with Crippen molar-refractivity contribution in [1.29, 1.82) is 0 Å². The van der Waals surface area contributed by atoms with Gasteiger partial charge in [0.15, 0.2) is 0 Å². The van der Waals surface area contributed by atoms with Crippen LogP contribution in [-0.4, -0.2) is 17.6 Å². The smallest absolute Gasteiger partial charge is 0.220 e. The minimum atomic E-state index is -0.390. The average Bonchev–Trinajstić information content (AvgIpc) is 2.30. The van der Waals surface area contributed by atoms with Gasteiger partial charge in [0, 0.05) is 0 Å². The van der Waals surface area contributed by atoms with Gasteiger partial charge in [-0.05, 0) is 42.5 Å². The zero-order chi connectivity index (χ0) is 12.3. The first kappa shape index (κ1) is 11.9. The molecule has 4 heteroatoms. The molecule has 0 saturated heterocycles. The van der Waals surface area contributed by atoms with Crippen molar-refractivity contribution < 1.29 is 14.6 Å². The maximum atomic E-state index is 10.6. The van der Waals surface area contributed by atoms with Gasteiger partial charge in [-0.15, -0.1) is 0 Å². The van der Waals surface area contributed by atoms with Gasteiger partial charge in [0.05, 0.1) is 19.1 Å². The van der Waals surface area contributed by atoms with E-state index in [0.717, 1.165) is 24.8 Å². The van der Waals surface area contributed by atoms with Crippen LogP contribution in [0.15, 0.2) is 18.2 Å². The molecule has 0 aliphatic heterocycles. The molecule has 1 aliphatic rings. The standard InChI is InChI=1S/C13H17NO3/c14-13(16)6-7-17-10-5-4-9-2-1-3-12(15)11(9)8-10/h4-5,8,12,15H,1-3,6-7H2,(H2,14,16). The Bertz CT molecular complexity index is 417. The zero-order valence-corrected chi connectivity index (χ0v) is 9.69. The van der Waals surface area contributed by atoms with Crippen molar-refractivity contribution in [1.82, 2.24) is 0 Å². The van der Waals surface area contributed by atoms with Crippen molar-refractivity contribution in [3.8, 4) is 5.75 Å². The summed E-state index contributed by atoms with van der Waals surface area (Å²) in [6.07, 6.45) is 2.65. The molecule has 3 N–H and O–H groups in total. The lowest BCUT2D eigenvalue weighted by molar-refractivity contribution is -0.118. The second kappa shape index (κ2) is 5.19. The van der Waals surface area contributed by atoms with Crippen LogP contribution < -0.4 is 10.5 Å². The first-order chi connectivity index (χ1) is 8.16. The molecule has 0 saturated carbocycles. The molecule has 1 aliphatic carbocycles. The highest BCUT2D eigenvalue weighted by Gasteiger charge is 2.18. The molecule has 1 atom stereocenters. The minimum absolute atomic E-state index is 0.208. The summed E-state index contributed by atoms with van der Waals surface area (Å²) in [5, 5.41) is 9.87. The molecule has 92 valence electrons. The number of rotatable bonds is 4. The Morgan fingerprint density at radius 2 is 2.35 bits per heavy atom. The number of ether oxygens (including phenoxy) is 1. The van der Waals surface area contributed by atoms with Crippen LogP contribution in [-0.2, 0) is 11.2 Å². The van der Waals surface area contributed by atoms with E-state index >= 15 is 0 Å². The highest BCUT2D eigenvalue weighted by atomic mass is 16.5. The van der Waals surface area contributed by atoms with Gasteiger partial charge in [-0.3, -0.25) is 4.79 Å². The molecule has 1 amide bonds. The number of carbonyl (C=O) groups is 1. The van der Waals surface area contributed by atoms with E-state index in [1.807, 2.05) is 18.2 Å². The summed E-state index contributed by atoms with van der Waals surface area (Å²) in [5.41, 5.74) is 7.17. The van der Waals surface area contributed by atoms with Gasteiger partial charge < -0.3 is 15.6 Å². The Labute approximate surface area is 100 Å². The molecule has 0 radical (unpaired) electrons. The fourth-order valence-corrected chi connectivity index (χ4v) is 2.11. The Morgan fingerprint density at radius 3 is 3.12 bits per heavy atom. The van der Waals surface area contributed by atoms with E-state index in [1.165, 1.54) is 5.56 Å². The second-order valence-electron chi connectivity index (χ2n) is 4.33. The number of benzene rings is 1. The number of nitrogens with two attached hydrogens (primary N) is 1. The molecule has 0 aromatic heterocycles. The van der Waals surface area contributed by atoms with Gasteiger partial charge in [0.1, 0.15) is 5.75 Å². The predicted octanol–water partition coefficient (Wildman–Crippen LogP) is 1.31. The third-order valence-electron chi connectivity index (χ3n) is 3.02. The number of carbonyl (C=O) groups excluding carboxylic acids is 1. The second-order valence-corrected chi connectivity index (χ2v) is 4.33. The molecular weight excluding hydrogens is 218 g/mol. The lowest BCUT2D eigenvalue weighted by Crippen LogP contribution is -2.15. The van der Waals surface area contributed by atoms with Crippen molar-refractivity contribution in [2.24, 2.45) is 5.73 Å². The quantitative estimate of drug-likeness (QED) is 0.826. The zero-order valence-electron chi connectivity index (χ0n) is 9.69. The van der Waals surface area contributed by atoms with Crippen molar-refractivity contribution in [3.63, 3.8) is 0 Å². The summed E-state index contributed by atoms with van der Waals surface area (Å²) in [6, 6.07) is 5.72. The number of fused-ring (bicyclic) bond motifs is 1. The van der Waals surface area contributed by atoms with Crippen LogP contribution in [0.1, 0.15) is 36.5 Å². The molecule has 1 aromatic rings. The van der Waals surface area contributed by atoms with Crippen LogP contribution in [0.4, 0.5) is 0 Å². The topological polar surface area (TPSA) is 72.6 Å². The summed E-state index contributed by atoms with van der Waals surface area (Å²) >= 11 is 0. The molecule has 0 bridgehead atoms. The monoisotopic (exact) mass is 235 g/mol. The maximum Gasteiger partial charge on any atom is 0.220 e. The van der Waals surface area contributed by atoms with Gasteiger partial charge in [-0.25, -0.2) is 0 Å². The summed E-state index contributed by atoms with van der Waals surface area (Å²) in [5.74, 6) is 0.314. The SMILES string of the molecule is NC(=O)CCOc1ccc2c(c1)C(O)CCC2.